The summed E-state index contributed by atoms with van der Waals surface area (Å²) in [5.41, 5.74) is -0.173. The lowest BCUT2D eigenvalue weighted by atomic mass is 9.82. The predicted octanol–water partition coefficient (Wildman–Crippen LogP) is 2.66. The highest BCUT2D eigenvalue weighted by Crippen LogP contribution is 2.28. The standard InChI is InChI=1S/C12H25ClO4S/c1-6-16-7-10(2)17-8-11(12(3,4)5)9-18(13,14)15/h10-11H,6-9H2,1-5H3. The van der Waals surface area contributed by atoms with E-state index in [2.05, 4.69) is 0 Å². The van der Waals surface area contributed by atoms with Crippen LogP contribution >= 0.6 is 10.7 Å². The van der Waals surface area contributed by atoms with Crippen molar-refractivity contribution in [2.75, 3.05) is 25.6 Å². The Morgan fingerprint density at radius 3 is 2.17 bits per heavy atom. The van der Waals surface area contributed by atoms with Gasteiger partial charge in [0.25, 0.3) is 0 Å². The summed E-state index contributed by atoms with van der Waals surface area (Å²) in [6, 6.07) is 0. The summed E-state index contributed by atoms with van der Waals surface area (Å²) in [4.78, 5) is 0. The van der Waals surface area contributed by atoms with Crippen LogP contribution in [0.2, 0.25) is 0 Å². The van der Waals surface area contributed by atoms with Gasteiger partial charge in [-0.15, -0.1) is 0 Å². The smallest absolute Gasteiger partial charge is 0.232 e. The molecular formula is C12H25ClO4S. The molecule has 4 nitrogen and oxygen atoms in total. The van der Waals surface area contributed by atoms with Gasteiger partial charge in [-0.3, -0.25) is 0 Å². The van der Waals surface area contributed by atoms with E-state index in [9.17, 15) is 8.42 Å². The third-order valence-electron chi connectivity index (χ3n) is 2.76. The fourth-order valence-corrected chi connectivity index (χ4v) is 2.93. The number of halogens is 1. The molecule has 0 aliphatic carbocycles. The molecule has 0 saturated heterocycles. The van der Waals surface area contributed by atoms with Crippen LogP contribution in [0.4, 0.5) is 0 Å². The predicted molar refractivity (Wildman–Crippen MR) is 74.5 cm³/mol. The second-order valence-corrected chi connectivity index (χ2v) is 8.39. The quantitative estimate of drug-likeness (QED) is 0.647. The molecule has 0 radical (unpaired) electrons. The Hall–Kier alpha value is 0.160. The van der Waals surface area contributed by atoms with E-state index < -0.39 is 9.05 Å². The third-order valence-corrected chi connectivity index (χ3v) is 3.94. The van der Waals surface area contributed by atoms with E-state index in [1.165, 1.54) is 0 Å². The van der Waals surface area contributed by atoms with Crippen molar-refractivity contribution in [2.45, 2.75) is 40.7 Å². The molecule has 0 aromatic heterocycles. The lowest BCUT2D eigenvalue weighted by Crippen LogP contribution is -2.32. The van der Waals surface area contributed by atoms with E-state index in [0.717, 1.165) is 0 Å². The minimum absolute atomic E-state index is 0.0483. The average molecular weight is 301 g/mol. The first-order valence-corrected chi connectivity index (χ1v) is 8.65. The van der Waals surface area contributed by atoms with Crippen molar-refractivity contribution in [3.05, 3.63) is 0 Å². The molecule has 0 fully saturated rings. The van der Waals surface area contributed by atoms with Gasteiger partial charge in [-0.25, -0.2) is 8.42 Å². The number of hydrogen-bond donors (Lipinski definition) is 0. The van der Waals surface area contributed by atoms with Crippen molar-refractivity contribution in [1.29, 1.82) is 0 Å². The molecule has 0 bridgehead atoms. The van der Waals surface area contributed by atoms with Crippen molar-refractivity contribution in [3.63, 3.8) is 0 Å². The molecule has 2 unspecified atom stereocenters. The summed E-state index contributed by atoms with van der Waals surface area (Å²) in [6.45, 7) is 11.3. The van der Waals surface area contributed by atoms with Gasteiger partial charge >= 0.3 is 0 Å². The van der Waals surface area contributed by atoms with Gasteiger partial charge in [0.15, 0.2) is 0 Å². The number of hydrogen-bond acceptors (Lipinski definition) is 4. The minimum atomic E-state index is -3.51. The van der Waals surface area contributed by atoms with Gasteiger partial charge < -0.3 is 9.47 Å². The largest absolute Gasteiger partial charge is 0.379 e. The van der Waals surface area contributed by atoms with E-state index in [0.29, 0.717) is 19.8 Å². The van der Waals surface area contributed by atoms with Gasteiger partial charge in [0.2, 0.25) is 9.05 Å². The lowest BCUT2D eigenvalue weighted by Gasteiger charge is -2.30. The van der Waals surface area contributed by atoms with Crippen molar-refractivity contribution < 1.29 is 17.9 Å². The molecule has 110 valence electrons. The first kappa shape index (κ1) is 18.2. The van der Waals surface area contributed by atoms with Gasteiger partial charge in [-0.1, -0.05) is 20.8 Å². The third kappa shape index (κ3) is 9.14. The Bertz CT molecular complexity index is 321. The summed E-state index contributed by atoms with van der Waals surface area (Å²) in [5.74, 6) is -0.205. The van der Waals surface area contributed by atoms with Crippen LogP contribution in [0.25, 0.3) is 0 Å². The van der Waals surface area contributed by atoms with Crippen LogP contribution in [0.5, 0.6) is 0 Å². The Labute approximate surface area is 115 Å². The van der Waals surface area contributed by atoms with Crippen LogP contribution in [-0.4, -0.2) is 40.1 Å². The van der Waals surface area contributed by atoms with Crippen LogP contribution < -0.4 is 0 Å². The zero-order valence-corrected chi connectivity index (χ0v) is 13.5. The van der Waals surface area contributed by atoms with Crippen LogP contribution in [0.15, 0.2) is 0 Å². The normalized spacial score (nSPS) is 16.6. The molecule has 18 heavy (non-hydrogen) atoms. The lowest BCUT2D eigenvalue weighted by molar-refractivity contribution is -0.0282. The van der Waals surface area contributed by atoms with Crippen molar-refractivity contribution in [1.82, 2.24) is 0 Å². The number of ether oxygens (including phenoxy) is 2. The van der Waals surface area contributed by atoms with Gasteiger partial charge in [-0.05, 0) is 19.3 Å². The van der Waals surface area contributed by atoms with Gasteiger partial charge in [0, 0.05) is 23.2 Å². The van der Waals surface area contributed by atoms with Crippen LogP contribution in [0.3, 0.4) is 0 Å². The maximum Gasteiger partial charge on any atom is 0.232 e. The Morgan fingerprint density at radius 1 is 1.22 bits per heavy atom. The fraction of sp³-hybridized carbons (Fsp3) is 1.00. The number of rotatable bonds is 8. The van der Waals surface area contributed by atoms with Crippen LogP contribution in [-0.2, 0) is 18.5 Å². The zero-order valence-electron chi connectivity index (χ0n) is 11.9. The molecule has 0 rings (SSSR count). The molecule has 6 heteroatoms. The minimum Gasteiger partial charge on any atom is -0.379 e. The molecule has 0 aromatic rings. The van der Waals surface area contributed by atoms with Crippen LogP contribution in [0, 0.1) is 11.3 Å². The molecule has 2 atom stereocenters. The molecule has 0 aliphatic rings. The molecule has 0 aromatic carbocycles. The van der Waals surface area contributed by atoms with E-state index in [1.807, 2.05) is 34.6 Å². The second kappa shape index (κ2) is 7.68. The van der Waals surface area contributed by atoms with Crippen molar-refractivity contribution in [3.8, 4) is 0 Å². The average Bonchev–Trinajstić information content (AvgIpc) is 2.18. The topological polar surface area (TPSA) is 52.6 Å². The van der Waals surface area contributed by atoms with E-state index in [-0.39, 0.29) is 23.2 Å². The second-order valence-electron chi connectivity index (χ2n) is 5.57. The molecular weight excluding hydrogens is 276 g/mol. The summed E-state index contributed by atoms with van der Waals surface area (Å²) in [7, 11) is 1.81. The van der Waals surface area contributed by atoms with E-state index >= 15 is 0 Å². The SMILES string of the molecule is CCOCC(C)OCC(CS(=O)(=O)Cl)C(C)(C)C. The molecule has 0 amide bonds. The monoisotopic (exact) mass is 300 g/mol. The maximum absolute atomic E-state index is 11.2. The summed E-state index contributed by atoms with van der Waals surface area (Å²) in [5, 5.41) is 0. The van der Waals surface area contributed by atoms with Gasteiger partial charge in [0.1, 0.15) is 0 Å². The van der Waals surface area contributed by atoms with E-state index in [4.69, 9.17) is 20.2 Å². The highest BCUT2D eigenvalue weighted by Gasteiger charge is 2.29. The Kier molecular flexibility index (Phi) is 7.75. The zero-order chi connectivity index (χ0) is 14.4. The first-order chi connectivity index (χ1) is 8.06. The summed E-state index contributed by atoms with van der Waals surface area (Å²) >= 11 is 0. The Balaban J connectivity index is 4.35. The van der Waals surface area contributed by atoms with Crippen molar-refractivity contribution in [2.24, 2.45) is 11.3 Å². The molecule has 0 spiro atoms. The molecule has 0 saturated carbocycles. The molecule has 0 N–H and O–H groups in total. The van der Waals surface area contributed by atoms with E-state index in [1.54, 1.807) is 0 Å². The first-order valence-electron chi connectivity index (χ1n) is 6.18. The summed E-state index contributed by atoms with van der Waals surface area (Å²) in [6.07, 6.45) is -0.0483. The van der Waals surface area contributed by atoms with Crippen molar-refractivity contribution >= 4 is 19.7 Å². The van der Waals surface area contributed by atoms with Gasteiger partial charge in [-0.2, -0.15) is 0 Å². The highest BCUT2D eigenvalue weighted by atomic mass is 35.7. The highest BCUT2D eigenvalue weighted by molar-refractivity contribution is 8.13. The molecule has 0 aliphatic heterocycles. The van der Waals surface area contributed by atoms with Gasteiger partial charge in [0.05, 0.1) is 25.1 Å². The fourth-order valence-electron chi connectivity index (χ4n) is 1.40. The summed E-state index contributed by atoms with van der Waals surface area (Å²) < 4.78 is 33.3. The maximum atomic E-state index is 11.2. The molecule has 0 heterocycles. The van der Waals surface area contributed by atoms with Crippen LogP contribution in [0.1, 0.15) is 34.6 Å². The Morgan fingerprint density at radius 2 is 1.78 bits per heavy atom.